The number of amides is 1. The molecule has 0 saturated carbocycles. The Balaban J connectivity index is 3.62. The summed E-state index contributed by atoms with van der Waals surface area (Å²) in [5, 5.41) is 5.46. The Morgan fingerprint density at radius 2 is 2.11 bits per heavy atom. The van der Waals surface area contributed by atoms with E-state index in [1.54, 1.807) is 26.5 Å². The van der Waals surface area contributed by atoms with Gasteiger partial charge in [-0.25, -0.2) is 12.7 Å². The minimum Gasteiger partial charge on any atom is -0.390 e. The molecule has 0 spiro atoms. The Kier molecular flexibility index (Phi) is 8.81. The number of carbonyl (C=O) groups excluding carboxylic acids is 1. The van der Waals surface area contributed by atoms with Crippen LogP contribution in [0.1, 0.15) is 12.8 Å². The minimum atomic E-state index is -3.09. The average molecular weight is 290 g/mol. The number of carbonyl (C=O) groups is 1. The van der Waals surface area contributed by atoms with Crippen molar-refractivity contribution in [1.29, 1.82) is 0 Å². The van der Waals surface area contributed by atoms with Crippen LogP contribution in [0, 0.1) is 0 Å². The molecule has 0 bridgehead atoms. The number of nitrogens with zero attached hydrogens (tertiary/aromatic N) is 2. The molecule has 7 nitrogen and oxygen atoms in total. The van der Waals surface area contributed by atoms with E-state index in [2.05, 4.69) is 15.6 Å². The van der Waals surface area contributed by atoms with Crippen molar-refractivity contribution in [3.63, 3.8) is 0 Å². The molecule has 0 saturated heterocycles. The summed E-state index contributed by atoms with van der Waals surface area (Å²) in [6, 6.07) is 0. The summed E-state index contributed by atoms with van der Waals surface area (Å²) in [5.74, 6) is -0.0890. The van der Waals surface area contributed by atoms with Crippen molar-refractivity contribution < 1.29 is 13.2 Å². The van der Waals surface area contributed by atoms with Gasteiger partial charge in [0.25, 0.3) is 0 Å². The van der Waals surface area contributed by atoms with E-state index < -0.39 is 10.0 Å². The van der Waals surface area contributed by atoms with Crippen molar-refractivity contribution in [2.75, 3.05) is 33.4 Å². The largest absolute Gasteiger partial charge is 0.390 e. The minimum absolute atomic E-state index is 0.0890. The van der Waals surface area contributed by atoms with Crippen LogP contribution in [-0.4, -0.2) is 58.3 Å². The lowest BCUT2D eigenvalue weighted by Crippen LogP contribution is -2.28. The van der Waals surface area contributed by atoms with Crippen molar-refractivity contribution in [2.45, 2.75) is 12.8 Å². The van der Waals surface area contributed by atoms with Gasteiger partial charge < -0.3 is 10.6 Å². The Bertz CT molecular complexity index is 418. The molecule has 110 valence electrons. The summed E-state index contributed by atoms with van der Waals surface area (Å²) >= 11 is 0. The van der Waals surface area contributed by atoms with Crippen molar-refractivity contribution in [3.8, 4) is 0 Å². The van der Waals surface area contributed by atoms with E-state index in [0.717, 1.165) is 0 Å². The summed E-state index contributed by atoms with van der Waals surface area (Å²) in [7, 11) is 0.0282. The van der Waals surface area contributed by atoms with Gasteiger partial charge in [0, 0.05) is 45.8 Å². The second-order valence-electron chi connectivity index (χ2n) is 3.92. The maximum absolute atomic E-state index is 11.1. The highest BCUT2D eigenvalue weighted by Crippen LogP contribution is 1.93. The third-order valence-corrected chi connectivity index (χ3v) is 3.61. The fourth-order valence-electron chi connectivity index (χ4n) is 1.05. The molecule has 0 heterocycles. The first-order valence-corrected chi connectivity index (χ1v) is 7.74. The molecule has 0 radical (unpaired) electrons. The molecule has 0 aromatic carbocycles. The maximum atomic E-state index is 11.1. The molecule has 1 amide bonds. The Morgan fingerprint density at radius 1 is 1.42 bits per heavy atom. The normalized spacial score (nSPS) is 12.4. The average Bonchev–Trinajstić information content (AvgIpc) is 2.34. The highest BCUT2D eigenvalue weighted by Gasteiger charge is 2.08. The van der Waals surface area contributed by atoms with Crippen LogP contribution in [0.5, 0.6) is 0 Å². The van der Waals surface area contributed by atoms with Crippen molar-refractivity contribution in [2.24, 2.45) is 4.99 Å². The van der Waals surface area contributed by atoms with Gasteiger partial charge >= 0.3 is 0 Å². The van der Waals surface area contributed by atoms with Gasteiger partial charge in [-0.05, 0) is 6.42 Å². The molecule has 0 aromatic rings. The Morgan fingerprint density at radius 3 is 2.68 bits per heavy atom. The highest BCUT2D eigenvalue weighted by molar-refractivity contribution is 7.88. The number of sulfonamides is 1. The zero-order valence-electron chi connectivity index (χ0n) is 11.6. The first-order valence-electron chi connectivity index (χ1n) is 5.90. The SMILES string of the molecule is CNC(=O)CC=N/C=C/NCCCN(C)S(C)(=O)=O. The van der Waals surface area contributed by atoms with Gasteiger partial charge in [0.1, 0.15) is 0 Å². The lowest BCUT2D eigenvalue weighted by molar-refractivity contribution is -0.119. The van der Waals surface area contributed by atoms with Crippen molar-refractivity contribution in [3.05, 3.63) is 12.4 Å². The highest BCUT2D eigenvalue weighted by atomic mass is 32.2. The summed E-state index contributed by atoms with van der Waals surface area (Å²) < 4.78 is 23.5. The number of hydrogen-bond donors (Lipinski definition) is 2. The molecule has 0 unspecified atom stereocenters. The molecule has 2 N–H and O–H groups in total. The smallest absolute Gasteiger partial charge is 0.225 e. The van der Waals surface area contributed by atoms with E-state index in [-0.39, 0.29) is 12.3 Å². The van der Waals surface area contributed by atoms with Gasteiger partial charge in [-0.2, -0.15) is 0 Å². The Labute approximate surface area is 114 Å². The van der Waals surface area contributed by atoms with Gasteiger partial charge in [-0.15, -0.1) is 0 Å². The molecule has 0 aliphatic rings. The molecular formula is C11H22N4O3S. The lowest BCUT2D eigenvalue weighted by Gasteiger charge is -2.13. The van der Waals surface area contributed by atoms with E-state index in [1.807, 2.05) is 0 Å². The first-order chi connectivity index (χ1) is 8.88. The molecular weight excluding hydrogens is 268 g/mol. The summed E-state index contributed by atoms with van der Waals surface area (Å²) in [5.41, 5.74) is 0. The van der Waals surface area contributed by atoms with Crippen LogP contribution in [-0.2, 0) is 14.8 Å². The quantitative estimate of drug-likeness (QED) is 0.444. The molecule has 0 rings (SSSR count). The van der Waals surface area contributed by atoms with E-state index in [9.17, 15) is 13.2 Å². The van der Waals surface area contributed by atoms with E-state index in [4.69, 9.17) is 0 Å². The third-order valence-electron chi connectivity index (χ3n) is 2.30. The van der Waals surface area contributed by atoms with Gasteiger partial charge in [0.05, 0.1) is 12.7 Å². The standard InChI is InChI=1S/C11H22N4O3S/c1-12-11(16)5-7-14-9-8-13-6-4-10-15(2)19(3,17)18/h7-9,13H,4-6,10H2,1-3H3,(H,12,16)/b9-8+,14-7?. The zero-order chi connectivity index (χ0) is 14.7. The van der Waals surface area contributed by atoms with Gasteiger partial charge in [0.15, 0.2) is 0 Å². The zero-order valence-corrected chi connectivity index (χ0v) is 12.4. The van der Waals surface area contributed by atoms with Crippen LogP contribution in [0.25, 0.3) is 0 Å². The lowest BCUT2D eigenvalue weighted by atomic mass is 10.4. The second-order valence-corrected chi connectivity index (χ2v) is 6.01. The maximum Gasteiger partial charge on any atom is 0.225 e. The van der Waals surface area contributed by atoms with Gasteiger partial charge in [-0.3, -0.25) is 9.79 Å². The summed E-state index contributed by atoms with van der Waals surface area (Å²) in [4.78, 5) is 14.7. The number of hydrogen-bond acceptors (Lipinski definition) is 5. The van der Waals surface area contributed by atoms with Crippen LogP contribution < -0.4 is 10.6 Å². The molecule has 8 heteroatoms. The molecule has 0 fully saturated rings. The molecule has 0 aliphatic heterocycles. The summed E-state index contributed by atoms with van der Waals surface area (Å²) in [6.07, 6.45) is 6.84. The summed E-state index contributed by atoms with van der Waals surface area (Å²) in [6.45, 7) is 1.13. The fraction of sp³-hybridized carbons (Fsp3) is 0.636. The van der Waals surface area contributed by atoms with Crippen molar-refractivity contribution in [1.82, 2.24) is 14.9 Å². The van der Waals surface area contributed by atoms with Gasteiger partial charge in [0.2, 0.25) is 15.9 Å². The predicted molar refractivity (Wildman–Crippen MR) is 76.4 cm³/mol. The predicted octanol–water partition coefficient (Wildman–Crippen LogP) is -0.464. The molecule has 19 heavy (non-hydrogen) atoms. The molecule has 0 aromatic heterocycles. The van der Waals surface area contributed by atoms with Crippen LogP contribution in [0.2, 0.25) is 0 Å². The van der Waals surface area contributed by atoms with Crippen LogP contribution >= 0.6 is 0 Å². The van der Waals surface area contributed by atoms with Crippen LogP contribution in [0.4, 0.5) is 0 Å². The van der Waals surface area contributed by atoms with Crippen LogP contribution in [0.15, 0.2) is 17.4 Å². The van der Waals surface area contributed by atoms with Crippen molar-refractivity contribution >= 4 is 22.1 Å². The topological polar surface area (TPSA) is 90.9 Å². The van der Waals surface area contributed by atoms with E-state index >= 15 is 0 Å². The molecule has 0 atom stereocenters. The number of aliphatic imine (C=N–C) groups is 1. The van der Waals surface area contributed by atoms with Crippen LogP contribution in [0.3, 0.4) is 0 Å². The monoisotopic (exact) mass is 290 g/mol. The fourth-order valence-corrected chi connectivity index (χ4v) is 1.51. The van der Waals surface area contributed by atoms with E-state index in [1.165, 1.54) is 16.8 Å². The Hall–Kier alpha value is -1.41. The second kappa shape index (κ2) is 9.51. The first kappa shape index (κ1) is 17.6. The van der Waals surface area contributed by atoms with E-state index in [0.29, 0.717) is 19.5 Å². The van der Waals surface area contributed by atoms with Gasteiger partial charge in [-0.1, -0.05) is 0 Å². The molecule has 0 aliphatic carbocycles. The number of nitrogens with one attached hydrogen (secondary N) is 2. The third kappa shape index (κ3) is 10.2. The number of rotatable bonds is 9.